The number of rotatable bonds is 8. The molecular formula is C31H40N8O. The minimum atomic E-state index is -0.176. The highest BCUT2D eigenvalue weighted by Crippen LogP contribution is 2.25. The number of likely N-dealkylation sites (N-methyl/N-ethyl adjacent to an activating group) is 1. The second-order valence-electron chi connectivity index (χ2n) is 11.2. The zero-order valence-electron chi connectivity index (χ0n) is 24.2. The maximum absolute atomic E-state index is 13.1. The van der Waals surface area contributed by atoms with Crippen LogP contribution in [0.15, 0.2) is 66.4 Å². The number of aromatic nitrogens is 2. The van der Waals surface area contributed by atoms with E-state index in [1.807, 2.05) is 25.1 Å². The van der Waals surface area contributed by atoms with Crippen molar-refractivity contribution in [2.45, 2.75) is 39.7 Å². The number of hydrogen-bond acceptors (Lipinski definition) is 7. The van der Waals surface area contributed by atoms with Crippen LogP contribution in [0.4, 0.5) is 17.3 Å². The summed E-state index contributed by atoms with van der Waals surface area (Å²) in [6, 6.07) is 13.7. The molecule has 0 saturated carbocycles. The number of hydrogen-bond donors (Lipinski definition) is 3. The molecule has 1 aliphatic rings. The Morgan fingerprint density at radius 1 is 1.15 bits per heavy atom. The summed E-state index contributed by atoms with van der Waals surface area (Å²) in [6.07, 6.45) is 3.25. The van der Waals surface area contributed by atoms with E-state index in [-0.39, 0.29) is 17.2 Å². The first-order valence-electron chi connectivity index (χ1n) is 13.6. The summed E-state index contributed by atoms with van der Waals surface area (Å²) in [5.41, 5.74) is 11.9. The van der Waals surface area contributed by atoms with Crippen LogP contribution in [0.5, 0.6) is 0 Å². The van der Waals surface area contributed by atoms with Crippen LogP contribution in [0.1, 0.15) is 53.5 Å². The van der Waals surface area contributed by atoms with Gasteiger partial charge in [0.2, 0.25) is 5.95 Å². The zero-order valence-corrected chi connectivity index (χ0v) is 24.2. The molecule has 1 saturated heterocycles. The van der Waals surface area contributed by atoms with Crippen molar-refractivity contribution < 1.29 is 4.79 Å². The van der Waals surface area contributed by atoms with E-state index in [9.17, 15) is 4.79 Å². The maximum atomic E-state index is 13.1. The molecule has 9 nitrogen and oxygen atoms in total. The average Bonchev–Trinajstić information content (AvgIpc) is 2.93. The van der Waals surface area contributed by atoms with Crippen LogP contribution in [-0.2, 0) is 12.0 Å². The first-order chi connectivity index (χ1) is 19.0. The summed E-state index contributed by atoms with van der Waals surface area (Å²) in [5, 5.41) is 6.09. The lowest BCUT2D eigenvalue weighted by Crippen LogP contribution is -2.45. The molecule has 0 unspecified atom stereocenters. The van der Waals surface area contributed by atoms with E-state index in [0.717, 1.165) is 37.3 Å². The van der Waals surface area contributed by atoms with Gasteiger partial charge in [0.05, 0.1) is 17.6 Å². The van der Waals surface area contributed by atoms with E-state index in [2.05, 4.69) is 71.9 Å². The summed E-state index contributed by atoms with van der Waals surface area (Å²) < 4.78 is 0. The van der Waals surface area contributed by atoms with E-state index < -0.39 is 0 Å². The van der Waals surface area contributed by atoms with Gasteiger partial charge >= 0.3 is 0 Å². The highest BCUT2D eigenvalue weighted by atomic mass is 16.1. The second-order valence-corrected chi connectivity index (χ2v) is 11.2. The van der Waals surface area contributed by atoms with Crippen LogP contribution < -0.4 is 21.3 Å². The fourth-order valence-corrected chi connectivity index (χ4v) is 4.43. The van der Waals surface area contributed by atoms with Gasteiger partial charge in [-0.3, -0.25) is 4.79 Å². The Bertz CT molecular complexity index is 1400. The average molecular weight is 541 g/mol. The normalized spacial score (nSPS) is 14.6. The van der Waals surface area contributed by atoms with E-state index >= 15 is 0 Å². The summed E-state index contributed by atoms with van der Waals surface area (Å²) in [6.45, 7) is 16.2. The Hall–Kier alpha value is -4.24. The predicted molar refractivity (Wildman–Crippen MR) is 163 cm³/mol. The van der Waals surface area contributed by atoms with Gasteiger partial charge in [-0.25, -0.2) is 15.0 Å². The third-order valence-corrected chi connectivity index (χ3v) is 7.02. The molecule has 3 aromatic rings. The van der Waals surface area contributed by atoms with Gasteiger partial charge in [0, 0.05) is 38.3 Å². The summed E-state index contributed by atoms with van der Waals surface area (Å²) in [7, 11) is 2.10. The van der Waals surface area contributed by atoms with Gasteiger partial charge in [0.25, 0.3) is 5.91 Å². The third-order valence-electron chi connectivity index (χ3n) is 7.02. The van der Waals surface area contributed by atoms with Crippen molar-refractivity contribution in [1.82, 2.24) is 20.2 Å². The molecule has 4 N–H and O–H groups in total. The second kappa shape index (κ2) is 12.3. The smallest absolute Gasteiger partial charge is 0.251 e. The molecule has 1 amide bonds. The molecule has 0 spiro atoms. The van der Waals surface area contributed by atoms with Crippen molar-refractivity contribution in [3.05, 3.63) is 89.4 Å². The molecule has 1 aliphatic heterocycles. The Labute approximate surface area is 237 Å². The van der Waals surface area contributed by atoms with Crippen molar-refractivity contribution in [2.24, 2.45) is 10.7 Å². The van der Waals surface area contributed by atoms with Crippen LogP contribution >= 0.6 is 0 Å². The summed E-state index contributed by atoms with van der Waals surface area (Å²) in [4.78, 5) is 31.5. The number of carbonyl (C=O) groups excluding carboxylic acids is 1. The van der Waals surface area contributed by atoms with Crippen LogP contribution in [0.2, 0.25) is 0 Å². The Kier molecular flexibility index (Phi) is 8.84. The van der Waals surface area contributed by atoms with Crippen molar-refractivity contribution in [3.63, 3.8) is 0 Å². The summed E-state index contributed by atoms with van der Waals surface area (Å²) in [5.74, 6) is 0.655. The number of piperazine rings is 1. The number of nitrogens with one attached hydrogen (secondary N) is 2. The topological polar surface area (TPSA) is 112 Å². The van der Waals surface area contributed by atoms with E-state index in [1.54, 1.807) is 24.5 Å². The molecule has 1 aromatic heterocycles. The Morgan fingerprint density at radius 3 is 2.60 bits per heavy atom. The van der Waals surface area contributed by atoms with Crippen LogP contribution in [0.25, 0.3) is 0 Å². The van der Waals surface area contributed by atoms with Crippen molar-refractivity contribution in [3.8, 4) is 0 Å². The SMILES string of the molecule is C=CNc1cnc(N2CCN(C)CC2)nc1C(N)=Nc1cc(C(=O)NCc2cccc(C(C)(C)C)c2)ccc1C. The number of benzene rings is 2. The van der Waals surface area contributed by atoms with Gasteiger partial charge in [-0.15, -0.1) is 0 Å². The van der Waals surface area contributed by atoms with Gasteiger partial charge in [0.1, 0.15) is 5.69 Å². The summed E-state index contributed by atoms with van der Waals surface area (Å²) >= 11 is 0. The minimum Gasteiger partial charge on any atom is -0.382 e. The number of aliphatic imine (C=N–C) groups is 1. The fraction of sp³-hybridized carbons (Fsp3) is 0.355. The van der Waals surface area contributed by atoms with Crippen molar-refractivity contribution in [1.29, 1.82) is 0 Å². The largest absolute Gasteiger partial charge is 0.382 e. The van der Waals surface area contributed by atoms with E-state index in [0.29, 0.717) is 35.1 Å². The van der Waals surface area contributed by atoms with Gasteiger partial charge in [-0.1, -0.05) is 57.7 Å². The minimum absolute atomic E-state index is 0.0415. The van der Waals surface area contributed by atoms with Crippen molar-refractivity contribution >= 4 is 29.1 Å². The Balaban J connectivity index is 1.56. The zero-order chi connectivity index (χ0) is 28.9. The molecule has 4 rings (SSSR count). The molecule has 0 bridgehead atoms. The molecule has 2 heterocycles. The molecule has 0 atom stereocenters. The molecule has 0 aliphatic carbocycles. The fourth-order valence-electron chi connectivity index (χ4n) is 4.43. The quantitative estimate of drug-likeness (QED) is 0.288. The standard InChI is InChI=1S/C31H40N8O/c1-7-33-26-20-35-30(39-15-13-38(6)14-16-39)37-27(26)28(32)36-25-18-23(12-11-21(25)2)29(40)34-19-22-9-8-10-24(17-22)31(3,4)5/h7-12,17-18,20,33H,1,13-16,19H2,2-6H3,(H2,32,36)(H,34,40). The van der Waals surface area contributed by atoms with Gasteiger partial charge in [-0.05, 0) is 54.4 Å². The molecule has 0 radical (unpaired) electrons. The van der Waals surface area contributed by atoms with Crippen LogP contribution in [-0.4, -0.2) is 59.8 Å². The molecule has 210 valence electrons. The number of anilines is 2. The monoisotopic (exact) mass is 540 g/mol. The highest BCUT2D eigenvalue weighted by Gasteiger charge is 2.20. The molecule has 2 aromatic carbocycles. The number of aryl methyl sites for hydroxylation is 1. The Morgan fingerprint density at radius 2 is 1.90 bits per heavy atom. The molecular weight excluding hydrogens is 500 g/mol. The van der Waals surface area contributed by atoms with E-state index in [1.165, 1.54) is 5.56 Å². The first-order valence-corrected chi connectivity index (χ1v) is 13.6. The van der Waals surface area contributed by atoms with Crippen molar-refractivity contribution in [2.75, 3.05) is 43.4 Å². The third kappa shape index (κ3) is 7.04. The molecule has 40 heavy (non-hydrogen) atoms. The highest BCUT2D eigenvalue weighted by molar-refractivity contribution is 6.03. The number of amidine groups is 1. The maximum Gasteiger partial charge on any atom is 0.251 e. The van der Waals surface area contributed by atoms with Gasteiger partial charge in [-0.2, -0.15) is 0 Å². The van der Waals surface area contributed by atoms with E-state index in [4.69, 9.17) is 15.7 Å². The number of nitrogens with zero attached hydrogens (tertiary/aromatic N) is 5. The number of amides is 1. The van der Waals surface area contributed by atoms with Crippen LogP contribution in [0.3, 0.4) is 0 Å². The van der Waals surface area contributed by atoms with Crippen LogP contribution in [0, 0.1) is 6.92 Å². The number of nitrogens with two attached hydrogens (primary N) is 1. The lowest BCUT2D eigenvalue weighted by atomic mass is 9.86. The molecule has 1 fully saturated rings. The lowest BCUT2D eigenvalue weighted by Gasteiger charge is -2.32. The van der Waals surface area contributed by atoms with Gasteiger partial charge < -0.3 is 26.2 Å². The first kappa shape index (κ1) is 28.8. The number of carbonyl (C=O) groups is 1. The van der Waals surface area contributed by atoms with Gasteiger partial charge in [0.15, 0.2) is 5.84 Å². The lowest BCUT2D eigenvalue weighted by molar-refractivity contribution is 0.0951. The predicted octanol–water partition coefficient (Wildman–Crippen LogP) is 4.36. The molecule has 9 heteroatoms.